The van der Waals surface area contributed by atoms with Crippen LogP contribution < -0.4 is 20.9 Å². The van der Waals surface area contributed by atoms with Crippen molar-refractivity contribution in [2.75, 3.05) is 35.4 Å². The van der Waals surface area contributed by atoms with Gasteiger partial charge in [0.15, 0.2) is 0 Å². The molecule has 0 radical (unpaired) electrons. The van der Waals surface area contributed by atoms with Crippen LogP contribution in [0.25, 0.3) is 6.08 Å². The van der Waals surface area contributed by atoms with Gasteiger partial charge in [-0.15, -0.1) is 11.8 Å². The highest BCUT2D eigenvalue weighted by atomic mass is 35.5. The van der Waals surface area contributed by atoms with E-state index < -0.39 is 17.8 Å². The van der Waals surface area contributed by atoms with Gasteiger partial charge in [-0.1, -0.05) is 41.9 Å². The Morgan fingerprint density at radius 2 is 1.52 bits per heavy atom. The average molecular weight is 629 g/mol. The molecule has 0 aromatic heterocycles. The lowest BCUT2D eigenvalue weighted by Gasteiger charge is -2.13. The van der Waals surface area contributed by atoms with Crippen LogP contribution >= 0.6 is 23.4 Å². The first-order chi connectivity index (χ1) is 21.1. The highest BCUT2D eigenvalue weighted by Crippen LogP contribution is 2.25. The third-order valence-corrected chi connectivity index (χ3v) is 7.56. The second-order valence-electron chi connectivity index (χ2n) is 9.68. The van der Waals surface area contributed by atoms with Gasteiger partial charge < -0.3 is 26.0 Å². The molecule has 0 aliphatic carbocycles. The Bertz CT molecular complexity index is 1690. The minimum Gasteiger partial charge on any atom is -0.478 e. The number of thioether (sulfide) groups is 1. The fourth-order valence-corrected chi connectivity index (χ4v) is 4.76. The Labute approximate surface area is 263 Å². The van der Waals surface area contributed by atoms with E-state index in [4.69, 9.17) is 16.7 Å². The molecule has 0 aliphatic rings. The molecule has 0 bridgehead atoms. The molecule has 224 valence electrons. The molecular formula is C33H29ClN4O5S. The highest BCUT2D eigenvalue weighted by molar-refractivity contribution is 8.00. The van der Waals surface area contributed by atoms with Crippen LogP contribution in [0.2, 0.25) is 5.02 Å². The summed E-state index contributed by atoms with van der Waals surface area (Å²) in [5, 5.41) is 17.6. The van der Waals surface area contributed by atoms with Gasteiger partial charge in [0.05, 0.1) is 22.0 Å². The number of halogens is 1. The predicted octanol–water partition coefficient (Wildman–Crippen LogP) is 6.24. The van der Waals surface area contributed by atoms with E-state index in [-0.39, 0.29) is 33.6 Å². The highest BCUT2D eigenvalue weighted by Gasteiger charge is 2.16. The van der Waals surface area contributed by atoms with Gasteiger partial charge in [-0.25, -0.2) is 4.79 Å². The number of carboxylic acids is 1. The molecule has 0 saturated carbocycles. The quantitative estimate of drug-likeness (QED) is 0.114. The van der Waals surface area contributed by atoms with Crippen molar-refractivity contribution in [3.63, 3.8) is 0 Å². The molecule has 0 fully saturated rings. The van der Waals surface area contributed by atoms with Crippen molar-refractivity contribution in [2.24, 2.45) is 0 Å². The molecule has 4 N–H and O–H groups in total. The second-order valence-corrected chi connectivity index (χ2v) is 11.1. The van der Waals surface area contributed by atoms with E-state index in [1.54, 1.807) is 60.7 Å². The van der Waals surface area contributed by atoms with E-state index in [0.717, 1.165) is 16.1 Å². The Kier molecular flexibility index (Phi) is 10.8. The second kappa shape index (κ2) is 14.9. The number of benzene rings is 4. The van der Waals surface area contributed by atoms with Crippen LogP contribution in [0.5, 0.6) is 0 Å². The van der Waals surface area contributed by atoms with E-state index in [2.05, 4.69) is 16.0 Å². The Balaban J connectivity index is 1.41. The molecule has 0 saturated heterocycles. The summed E-state index contributed by atoms with van der Waals surface area (Å²) in [5.74, 6) is -2.37. The minimum atomic E-state index is -1.13. The van der Waals surface area contributed by atoms with Crippen LogP contribution in [0.4, 0.5) is 17.1 Å². The van der Waals surface area contributed by atoms with Gasteiger partial charge in [0.25, 0.3) is 11.8 Å². The van der Waals surface area contributed by atoms with Crippen LogP contribution in [-0.4, -0.2) is 48.6 Å². The molecule has 0 atom stereocenters. The standard InChI is InChI=1S/C33H29ClN4O5S/c1-38(2)25-13-8-21(9-14-25)18-29(37-31(40)22-6-4-3-5-7-22)32(41)35-24-11-15-26(16-12-24)44-20-30(39)36-28-19-23(33(42)43)10-17-27(28)34/h3-19H,20H2,1-2H3,(H,35,41)(H,36,39)(H,37,40)(H,42,43)/b29-18-. The monoisotopic (exact) mass is 628 g/mol. The third-order valence-electron chi connectivity index (χ3n) is 6.22. The first-order valence-corrected chi connectivity index (χ1v) is 14.7. The van der Waals surface area contributed by atoms with E-state index in [9.17, 15) is 19.2 Å². The summed E-state index contributed by atoms with van der Waals surface area (Å²) in [5.41, 5.74) is 2.92. The van der Waals surface area contributed by atoms with Crippen LogP contribution in [-0.2, 0) is 9.59 Å². The van der Waals surface area contributed by atoms with Crippen molar-refractivity contribution >= 4 is 70.2 Å². The van der Waals surface area contributed by atoms with Crippen molar-refractivity contribution in [1.82, 2.24) is 5.32 Å². The molecular weight excluding hydrogens is 600 g/mol. The van der Waals surface area contributed by atoms with Crippen molar-refractivity contribution < 1.29 is 24.3 Å². The smallest absolute Gasteiger partial charge is 0.335 e. The van der Waals surface area contributed by atoms with E-state index in [1.807, 2.05) is 43.3 Å². The number of carboxylic acid groups (broad SMARTS) is 1. The fourth-order valence-electron chi connectivity index (χ4n) is 3.90. The molecule has 4 aromatic carbocycles. The van der Waals surface area contributed by atoms with Crippen molar-refractivity contribution in [2.45, 2.75) is 4.90 Å². The lowest BCUT2D eigenvalue weighted by molar-refractivity contribution is -0.114. The summed E-state index contributed by atoms with van der Waals surface area (Å²) in [4.78, 5) is 52.6. The number of anilines is 3. The summed E-state index contributed by atoms with van der Waals surface area (Å²) in [7, 11) is 3.86. The molecule has 0 heterocycles. The molecule has 0 spiro atoms. The topological polar surface area (TPSA) is 128 Å². The first kappa shape index (κ1) is 31.9. The van der Waals surface area contributed by atoms with E-state index in [1.165, 1.54) is 30.0 Å². The van der Waals surface area contributed by atoms with Crippen LogP contribution in [0, 0.1) is 0 Å². The lowest BCUT2D eigenvalue weighted by Crippen LogP contribution is -2.30. The zero-order chi connectivity index (χ0) is 31.6. The maximum atomic E-state index is 13.3. The summed E-state index contributed by atoms with van der Waals surface area (Å²) in [6, 6.07) is 27.1. The van der Waals surface area contributed by atoms with Crippen LogP contribution in [0.3, 0.4) is 0 Å². The summed E-state index contributed by atoms with van der Waals surface area (Å²) in [6.45, 7) is 0. The van der Waals surface area contributed by atoms with Gasteiger partial charge in [-0.2, -0.15) is 0 Å². The van der Waals surface area contributed by atoms with Crippen LogP contribution in [0.15, 0.2) is 108 Å². The Hall–Kier alpha value is -5.06. The van der Waals surface area contributed by atoms with Gasteiger partial charge in [-0.3, -0.25) is 14.4 Å². The SMILES string of the molecule is CN(C)c1ccc(/C=C(\NC(=O)c2ccccc2)C(=O)Nc2ccc(SCC(=O)Nc3cc(C(=O)O)ccc3Cl)cc2)cc1. The number of carbonyl (C=O) groups is 4. The zero-order valence-corrected chi connectivity index (χ0v) is 25.4. The number of rotatable bonds is 11. The number of aromatic carboxylic acids is 1. The molecule has 9 nitrogen and oxygen atoms in total. The number of hydrogen-bond donors (Lipinski definition) is 4. The van der Waals surface area contributed by atoms with Gasteiger partial charge >= 0.3 is 5.97 Å². The summed E-state index contributed by atoms with van der Waals surface area (Å²) in [6.07, 6.45) is 1.61. The molecule has 3 amide bonds. The number of amides is 3. The largest absolute Gasteiger partial charge is 0.478 e. The maximum absolute atomic E-state index is 13.3. The average Bonchev–Trinajstić information content (AvgIpc) is 3.02. The summed E-state index contributed by atoms with van der Waals surface area (Å²) >= 11 is 7.34. The van der Waals surface area contributed by atoms with E-state index >= 15 is 0 Å². The molecule has 4 rings (SSSR count). The molecule has 0 unspecified atom stereocenters. The van der Waals surface area contributed by atoms with Gasteiger partial charge in [-0.05, 0) is 78.4 Å². The van der Waals surface area contributed by atoms with Gasteiger partial charge in [0.1, 0.15) is 5.70 Å². The Morgan fingerprint density at radius 3 is 2.16 bits per heavy atom. The molecule has 44 heavy (non-hydrogen) atoms. The zero-order valence-electron chi connectivity index (χ0n) is 23.8. The fraction of sp³-hybridized carbons (Fsp3) is 0.0909. The first-order valence-electron chi connectivity index (χ1n) is 13.3. The van der Waals surface area contributed by atoms with Gasteiger partial charge in [0.2, 0.25) is 5.91 Å². The molecule has 4 aromatic rings. The maximum Gasteiger partial charge on any atom is 0.335 e. The number of nitrogens with one attached hydrogen (secondary N) is 3. The molecule has 0 aliphatic heterocycles. The van der Waals surface area contributed by atoms with Crippen LogP contribution in [0.1, 0.15) is 26.3 Å². The predicted molar refractivity (Wildman–Crippen MR) is 175 cm³/mol. The number of carbonyl (C=O) groups excluding carboxylic acids is 3. The van der Waals surface area contributed by atoms with Crippen molar-refractivity contribution in [3.8, 4) is 0 Å². The number of hydrogen-bond acceptors (Lipinski definition) is 6. The third kappa shape index (κ3) is 8.97. The number of nitrogens with zero attached hydrogens (tertiary/aromatic N) is 1. The minimum absolute atomic E-state index is 0.00913. The summed E-state index contributed by atoms with van der Waals surface area (Å²) < 4.78 is 0. The van der Waals surface area contributed by atoms with E-state index in [0.29, 0.717) is 11.3 Å². The van der Waals surface area contributed by atoms with Crippen molar-refractivity contribution in [3.05, 3.63) is 124 Å². The Morgan fingerprint density at radius 1 is 0.841 bits per heavy atom. The normalized spacial score (nSPS) is 10.9. The molecule has 11 heteroatoms. The van der Waals surface area contributed by atoms with Crippen molar-refractivity contribution in [1.29, 1.82) is 0 Å². The lowest BCUT2D eigenvalue weighted by atomic mass is 10.1. The van der Waals surface area contributed by atoms with Gasteiger partial charge in [0, 0.05) is 35.9 Å².